The maximum atomic E-state index is 13.2. The van der Waals surface area contributed by atoms with Crippen molar-refractivity contribution < 1.29 is 57.3 Å². The number of carboxylic acid groups (broad SMARTS) is 1. The second-order valence-corrected chi connectivity index (χ2v) is 32.8. The molecule has 2 amide bonds. The quantitative estimate of drug-likeness (QED) is 0.0284. The number of hydrogen-bond acceptors (Lipinski definition) is 11. The van der Waals surface area contributed by atoms with Gasteiger partial charge in [-0.2, -0.15) is 0 Å². The Morgan fingerprint density at radius 1 is 0.301 bits per heavy atom. The van der Waals surface area contributed by atoms with E-state index in [9.17, 15) is 14.7 Å². The Labute approximate surface area is 688 Å². The van der Waals surface area contributed by atoms with E-state index in [0.717, 1.165) is 139 Å². The normalized spacial score (nSPS) is 13.3. The minimum absolute atomic E-state index is 0.225. The van der Waals surface area contributed by atoms with Crippen molar-refractivity contribution in [3.05, 3.63) is 81.9 Å². The van der Waals surface area contributed by atoms with E-state index in [1.165, 1.54) is 154 Å². The van der Waals surface area contributed by atoms with Crippen molar-refractivity contribution >= 4 is 54.1 Å². The molecule has 0 spiro atoms. The minimum atomic E-state index is -1.15. The average Bonchev–Trinajstić information content (AvgIpc) is 0.813. The SMILES string of the molecule is CCCCCCCCCCCCOc1cc(/C=C/c2cc(OC[C@@H](C)CC)c(/C=C/c3cc(OC[C@@H](C)CC)c(/C=C/c4cc(OC[C@@H](C)CC)c(NC(=O)NCC(=O)O)cc4OC[C@@H](C)CC)cc3OC[C@@H](C)CC)cc2OC[C@@H](C)CC)cc(OCCCCCCCCCCCC)c1OCCCCCCCCCCCC. The van der Waals surface area contributed by atoms with Crippen LogP contribution >= 0.6 is 0 Å². The molecule has 4 aromatic rings. The number of nitrogens with one attached hydrogen (secondary N) is 2. The molecule has 0 heterocycles. The van der Waals surface area contributed by atoms with Gasteiger partial charge in [0.25, 0.3) is 0 Å². The van der Waals surface area contributed by atoms with Crippen LogP contribution < -0.4 is 53.3 Å². The summed E-state index contributed by atoms with van der Waals surface area (Å²) in [5.41, 5.74) is 5.45. The number of benzene rings is 4. The number of carbonyl (C=O) groups is 2. The number of carboxylic acids is 1. The summed E-state index contributed by atoms with van der Waals surface area (Å²) < 4.78 is 61.4. The first-order valence-corrected chi connectivity index (χ1v) is 45.6. The lowest BCUT2D eigenvalue weighted by Crippen LogP contribution is -2.33. The van der Waals surface area contributed by atoms with Gasteiger partial charge in [-0.05, 0) is 103 Å². The molecule has 0 unspecified atom stereocenters. The summed E-state index contributed by atoms with van der Waals surface area (Å²) in [4.78, 5) is 24.6. The molecule has 0 aliphatic carbocycles. The van der Waals surface area contributed by atoms with Crippen LogP contribution in [0, 0.1) is 35.5 Å². The standard InChI is InChI=1S/C99H160N2O12/c1-16-25-28-31-34-37-40-43-46-49-58-105-95-61-82(62-96(106-59-50-47-44-41-38-35-32-29-26-17-2)98(95)107-60-51-48-45-42-39-36-33-30-27-18-3)52-53-83-63-90(109-71-77(11)20-5)84(64-89(83)108-70-76(10)19-4)54-55-85-65-92(111-73-79(13)22-7)86(66-91(85)110-72-78(12)21-6)56-57-87-67-94(113-75-81(15)24-9)88(101-99(104)100-69-97(102)103)68-93(87)112-74-80(14)23-8/h52-57,61-68,76-81H,16-51,58-60,69-75H2,1-15H3,(H,102,103)(H2,100,101,104)/b53-52+,55-54+,57-56+/t76-,77-,78-,79-,80-,81-/m0/s1. The van der Waals surface area contributed by atoms with Gasteiger partial charge in [0.15, 0.2) is 11.5 Å². The zero-order valence-electron chi connectivity index (χ0n) is 74.0. The Bertz CT molecular complexity index is 3220. The fraction of sp³-hybridized carbons (Fsp3) is 0.677. The third-order valence-electron chi connectivity index (χ3n) is 22.0. The summed E-state index contributed by atoms with van der Waals surface area (Å²) in [6, 6.07) is 15.7. The third kappa shape index (κ3) is 42.5. The van der Waals surface area contributed by atoms with Crippen molar-refractivity contribution in [3.8, 4) is 51.7 Å². The van der Waals surface area contributed by atoms with Gasteiger partial charge in [-0.3, -0.25) is 4.79 Å². The fourth-order valence-corrected chi connectivity index (χ4v) is 12.6. The van der Waals surface area contributed by atoms with Crippen LogP contribution in [0.25, 0.3) is 36.5 Å². The molecule has 4 rings (SSSR count). The summed E-state index contributed by atoms with van der Waals surface area (Å²) in [5.74, 6) is 6.50. The Hall–Kier alpha value is -6.96. The molecular weight excluding hydrogens is 1410 g/mol. The largest absolute Gasteiger partial charge is 0.493 e. The van der Waals surface area contributed by atoms with Gasteiger partial charge in [-0.1, -0.05) is 352 Å². The summed E-state index contributed by atoms with van der Waals surface area (Å²) in [6.45, 7) is 37.2. The molecule has 638 valence electrons. The Morgan fingerprint density at radius 2 is 0.549 bits per heavy atom. The molecule has 113 heavy (non-hydrogen) atoms. The number of hydrogen-bond donors (Lipinski definition) is 3. The molecule has 3 N–H and O–H groups in total. The van der Waals surface area contributed by atoms with Crippen LogP contribution in [-0.2, 0) is 4.79 Å². The molecule has 0 saturated heterocycles. The van der Waals surface area contributed by atoms with E-state index < -0.39 is 18.5 Å². The van der Waals surface area contributed by atoms with Gasteiger partial charge in [-0.25, -0.2) is 4.79 Å². The molecule has 14 nitrogen and oxygen atoms in total. The number of aliphatic carboxylic acids is 1. The first-order chi connectivity index (χ1) is 54.9. The monoisotopic (exact) mass is 1570 g/mol. The molecule has 0 aliphatic heterocycles. The van der Waals surface area contributed by atoms with E-state index in [-0.39, 0.29) is 23.7 Å². The van der Waals surface area contributed by atoms with Crippen molar-refractivity contribution in [2.45, 2.75) is 335 Å². The van der Waals surface area contributed by atoms with Crippen molar-refractivity contribution in [1.29, 1.82) is 0 Å². The van der Waals surface area contributed by atoms with Gasteiger partial charge < -0.3 is 58.4 Å². The molecule has 14 heteroatoms. The maximum absolute atomic E-state index is 13.2. The van der Waals surface area contributed by atoms with Crippen LogP contribution in [0.3, 0.4) is 0 Å². The molecule has 4 aromatic carbocycles. The zero-order chi connectivity index (χ0) is 82.1. The topological polar surface area (TPSA) is 161 Å². The van der Waals surface area contributed by atoms with E-state index >= 15 is 0 Å². The Balaban J connectivity index is 1.94. The molecule has 0 radical (unpaired) electrons. The van der Waals surface area contributed by atoms with E-state index in [2.05, 4.69) is 175 Å². The van der Waals surface area contributed by atoms with Crippen LogP contribution in [0.1, 0.15) is 368 Å². The summed E-state index contributed by atoms with van der Waals surface area (Å²) in [7, 11) is 0. The van der Waals surface area contributed by atoms with Crippen LogP contribution in [0.5, 0.6) is 51.7 Å². The maximum Gasteiger partial charge on any atom is 0.323 e. The molecular formula is C99H160N2O12. The van der Waals surface area contributed by atoms with Crippen LogP contribution in [0.4, 0.5) is 10.5 Å². The lowest BCUT2D eigenvalue weighted by atomic mass is 10.0. The molecule has 0 bridgehead atoms. The number of urea groups is 1. The summed E-state index contributed by atoms with van der Waals surface area (Å²) in [5, 5.41) is 14.6. The van der Waals surface area contributed by atoms with E-state index in [1.54, 1.807) is 6.07 Å². The number of anilines is 1. The van der Waals surface area contributed by atoms with Gasteiger partial charge in [0.05, 0.1) is 65.1 Å². The predicted octanol–water partition coefficient (Wildman–Crippen LogP) is 28.9. The van der Waals surface area contributed by atoms with Gasteiger partial charge in [-0.15, -0.1) is 0 Å². The highest BCUT2D eigenvalue weighted by Crippen LogP contribution is 2.43. The van der Waals surface area contributed by atoms with Crippen molar-refractivity contribution in [2.75, 3.05) is 71.3 Å². The molecule has 0 aliphatic rings. The number of rotatable bonds is 69. The molecule has 6 atom stereocenters. The van der Waals surface area contributed by atoms with Crippen LogP contribution in [-0.4, -0.2) is 83.1 Å². The fourth-order valence-electron chi connectivity index (χ4n) is 12.6. The van der Waals surface area contributed by atoms with E-state index in [4.69, 9.17) is 42.6 Å². The van der Waals surface area contributed by atoms with Gasteiger partial charge in [0.2, 0.25) is 5.75 Å². The minimum Gasteiger partial charge on any atom is -0.493 e. The highest BCUT2D eigenvalue weighted by atomic mass is 16.5. The molecule has 0 fully saturated rings. The van der Waals surface area contributed by atoms with Gasteiger partial charge in [0.1, 0.15) is 41.0 Å². The van der Waals surface area contributed by atoms with Crippen molar-refractivity contribution in [1.82, 2.24) is 5.32 Å². The van der Waals surface area contributed by atoms with E-state index in [0.29, 0.717) is 100.0 Å². The van der Waals surface area contributed by atoms with Crippen LogP contribution in [0.2, 0.25) is 0 Å². The van der Waals surface area contributed by atoms with Crippen molar-refractivity contribution in [2.24, 2.45) is 35.5 Å². The van der Waals surface area contributed by atoms with Crippen LogP contribution in [0.15, 0.2) is 48.5 Å². The first kappa shape index (κ1) is 98.4. The molecule has 0 saturated carbocycles. The Morgan fingerprint density at radius 3 is 0.832 bits per heavy atom. The van der Waals surface area contributed by atoms with E-state index in [1.807, 2.05) is 18.2 Å². The first-order valence-electron chi connectivity index (χ1n) is 45.6. The summed E-state index contributed by atoms with van der Waals surface area (Å²) in [6.07, 6.45) is 56.0. The van der Waals surface area contributed by atoms with Crippen molar-refractivity contribution in [3.63, 3.8) is 0 Å². The third-order valence-corrected chi connectivity index (χ3v) is 22.0. The second kappa shape index (κ2) is 61.4. The smallest absolute Gasteiger partial charge is 0.323 e. The predicted molar refractivity (Wildman–Crippen MR) is 479 cm³/mol. The van der Waals surface area contributed by atoms with Gasteiger partial charge in [0, 0.05) is 33.9 Å². The lowest BCUT2D eigenvalue weighted by Gasteiger charge is -2.20. The average molecular weight is 1570 g/mol. The highest BCUT2D eigenvalue weighted by Gasteiger charge is 2.22. The number of ether oxygens (including phenoxy) is 9. The number of carbonyl (C=O) groups excluding carboxylic acids is 1. The zero-order valence-corrected chi connectivity index (χ0v) is 74.0. The Kier molecular flexibility index (Phi) is 53.5. The lowest BCUT2D eigenvalue weighted by molar-refractivity contribution is -0.135. The number of amides is 2. The van der Waals surface area contributed by atoms with Gasteiger partial charge >= 0.3 is 12.0 Å². The highest BCUT2D eigenvalue weighted by molar-refractivity contribution is 5.94. The number of unbranched alkanes of at least 4 members (excludes halogenated alkanes) is 27. The summed E-state index contributed by atoms with van der Waals surface area (Å²) >= 11 is 0. The molecule has 0 aromatic heterocycles. The second-order valence-electron chi connectivity index (χ2n) is 32.8.